The summed E-state index contributed by atoms with van der Waals surface area (Å²) in [5.74, 6) is 0.900. The van der Waals surface area contributed by atoms with Gasteiger partial charge in [-0.1, -0.05) is 18.2 Å². The predicted molar refractivity (Wildman–Crippen MR) is 96.8 cm³/mol. The van der Waals surface area contributed by atoms with E-state index in [0.29, 0.717) is 0 Å². The smallest absolute Gasteiger partial charge is 0.485 e. The van der Waals surface area contributed by atoms with Crippen LogP contribution in [0.3, 0.4) is 0 Å². The van der Waals surface area contributed by atoms with Crippen molar-refractivity contribution in [2.45, 2.75) is 5.51 Å². The zero-order valence-electron chi connectivity index (χ0n) is 14.7. The molecule has 0 bridgehead atoms. The van der Waals surface area contributed by atoms with Crippen molar-refractivity contribution in [3.8, 4) is 5.75 Å². The zero-order chi connectivity index (χ0) is 20.7. The lowest BCUT2D eigenvalue weighted by Crippen LogP contribution is -2.30. The number of fused-ring (bicyclic) bond motifs is 4. The van der Waals surface area contributed by atoms with Gasteiger partial charge in [0, 0.05) is 0 Å². The standard InChI is InChI=1S/C17H14N2O.CHF3O3S/c1-19-16-11(6-5-9-15(16)20-2)10-14-17(19)12-7-3-4-8-13(12)18-14;2-1(3,4)8(5,6)7/h3-10H,1-2H3;(H,5,6,7). The summed E-state index contributed by atoms with van der Waals surface area (Å²) in [4.78, 5) is 3.49. The molecule has 0 amide bonds. The topological polar surface area (TPSA) is 86.1 Å². The van der Waals surface area contributed by atoms with Gasteiger partial charge in [-0.3, -0.25) is 0 Å². The molecule has 0 fully saturated rings. The molecule has 0 saturated carbocycles. The van der Waals surface area contributed by atoms with E-state index in [1.54, 1.807) is 7.11 Å². The second-order valence-electron chi connectivity index (χ2n) is 5.93. The molecule has 0 saturated heterocycles. The van der Waals surface area contributed by atoms with Crippen molar-refractivity contribution in [2.75, 3.05) is 7.11 Å². The highest BCUT2D eigenvalue weighted by molar-refractivity contribution is 7.86. The van der Waals surface area contributed by atoms with Crippen LogP contribution in [-0.2, 0) is 17.2 Å². The third-order valence-electron chi connectivity index (χ3n) is 4.21. The van der Waals surface area contributed by atoms with E-state index < -0.39 is 15.6 Å². The summed E-state index contributed by atoms with van der Waals surface area (Å²) in [7, 11) is -2.28. The fourth-order valence-electron chi connectivity index (χ4n) is 3.06. The van der Waals surface area contributed by atoms with E-state index in [9.17, 15) is 13.2 Å². The van der Waals surface area contributed by atoms with Gasteiger partial charge >= 0.3 is 5.51 Å². The largest absolute Gasteiger partial charge is 0.741 e. The first-order chi connectivity index (χ1) is 13.0. The SMILES string of the molecule is COc1cccc2cc3[nH]c4ccccc4c3[n+](C)c12.O=S(=O)([O-])C(F)(F)F. The summed E-state index contributed by atoms with van der Waals surface area (Å²) >= 11 is 0. The summed E-state index contributed by atoms with van der Waals surface area (Å²) in [5, 5.41) is 2.41. The molecular weight excluding hydrogens is 397 g/mol. The summed E-state index contributed by atoms with van der Waals surface area (Å²) < 4.78 is 66.6. The number of hydrogen-bond acceptors (Lipinski definition) is 4. The number of aromatic amines is 1. The number of aromatic nitrogens is 2. The third-order valence-corrected chi connectivity index (χ3v) is 4.78. The Bertz CT molecular complexity index is 1280. The summed E-state index contributed by atoms with van der Waals surface area (Å²) in [6.45, 7) is 0. The fraction of sp³-hybridized carbons (Fsp3) is 0.167. The lowest BCUT2D eigenvalue weighted by molar-refractivity contribution is -0.617. The Balaban J connectivity index is 0.000000242. The van der Waals surface area contributed by atoms with E-state index in [2.05, 4.69) is 53.0 Å². The molecule has 4 rings (SSSR count). The first-order valence-electron chi connectivity index (χ1n) is 7.93. The van der Waals surface area contributed by atoms with Crippen LogP contribution in [0.4, 0.5) is 13.2 Å². The number of alkyl halides is 3. The molecule has 2 aromatic carbocycles. The van der Waals surface area contributed by atoms with Gasteiger partial charge in [0.15, 0.2) is 15.9 Å². The van der Waals surface area contributed by atoms with Crippen molar-refractivity contribution in [2.24, 2.45) is 7.05 Å². The van der Waals surface area contributed by atoms with Crippen molar-refractivity contribution >= 4 is 43.0 Å². The molecule has 0 radical (unpaired) electrons. The molecule has 0 spiro atoms. The number of para-hydroxylation sites is 2. The Hall–Kier alpha value is -2.85. The lowest BCUT2D eigenvalue weighted by Gasteiger charge is -2.08. The molecule has 2 aromatic heterocycles. The van der Waals surface area contributed by atoms with Crippen LogP contribution in [0.15, 0.2) is 48.5 Å². The van der Waals surface area contributed by atoms with Gasteiger partial charge in [-0.05, 0) is 30.3 Å². The number of H-pyrrole nitrogens is 1. The third kappa shape index (κ3) is 3.48. The highest BCUT2D eigenvalue weighted by Gasteiger charge is 2.36. The summed E-state index contributed by atoms with van der Waals surface area (Å²) in [6, 6.07) is 16.7. The van der Waals surface area contributed by atoms with Gasteiger partial charge in [0.1, 0.15) is 12.6 Å². The minimum absolute atomic E-state index is 0.900. The van der Waals surface area contributed by atoms with Crippen molar-refractivity contribution in [3.05, 3.63) is 48.5 Å². The van der Waals surface area contributed by atoms with E-state index in [1.165, 1.54) is 16.3 Å². The number of halogens is 3. The van der Waals surface area contributed by atoms with E-state index in [-0.39, 0.29) is 0 Å². The van der Waals surface area contributed by atoms with Crippen LogP contribution in [0.1, 0.15) is 0 Å². The van der Waals surface area contributed by atoms with Gasteiger partial charge in [-0.25, -0.2) is 8.42 Å². The van der Waals surface area contributed by atoms with Crippen molar-refractivity contribution < 1.29 is 35.4 Å². The first kappa shape index (κ1) is 19.9. The Morgan fingerprint density at radius 2 is 1.68 bits per heavy atom. The number of pyridine rings is 1. The molecule has 148 valence electrons. The molecule has 6 nitrogen and oxygen atoms in total. The summed E-state index contributed by atoms with van der Waals surface area (Å²) in [6.07, 6.45) is 0. The predicted octanol–water partition coefficient (Wildman–Crippen LogP) is 3.36. The average Bonchev–Trinajstić information content (AvgIpc) is 2.98. The van der Waals surface area contributed by atoms with Gasteiger partial charge in [0.2, 0.25) is 5.52 Å². The molecule has 2 heterocycles. The van der Waals surface area contributed by atoms with E-state index in [0.717, 1.165) is 22.3 Å². The van der Waals surface area contributed by atoms with Gasteiger partial charge < -0.3 is 14.3 Å². The number of nitrogens with one attached hydrogen (secondary N) is 1. The number of hydrogen-bond donors (Lipinski definition) is 1. The monoisotopic (exact) mass is 412 g/mol. The molecule has 1 N–H and O–H groups in total. The number of aryl methyl sites for hydroxylation is 1. The van der Waals surface area contributed by atoms with E-state index in [4.69, 9.17) is 17.7 Å². The first-order valence-corrected chi connectivity index (χ1v) is 9.33. The molecule has 0 aliphatic rings. The Labute approximate surface area is 157 Å². The van der Waals surface area contributed by atoms with Crippen molar-refractivity contribution in [1.82, 2.24) is 4.98 Å². The molecule has 0 unspecified atom stereocenters. The van der Waals surface area contributed by atoms with Crippen LogP contribution >= 0.6 is 0 Å². The Morgan fingerprint density at radius 1 is 1.04 bits per heavy atom. The maximum Gasteiger partial charge on any atom is 0.485 e. The molecule has 4 aromatic rings. The molecule has 0 aliphatic heterocycles. The van der Waals surface area contributed by atoms with Crippen LogP contribution in [-0.4, -0.2) is 30.6 Å². The molecule has 28 heavy (non-hydrogen) atoms. The number of rotatable bonds is 1. The molecule has 0 atom stereocenters. The fourth-order valence-corrected chi connectivity index (χ4v) is 3.06. The number of nitrogens with zero attached hydrogens (tertiary/aromatic N) is 1. The van der Waals surface area contributed by atoms with Gasteiger partial charge in [-0.15, -0.1) is 0 Å². The van der Waals surface area contributed by atoms with Gasteiger partial charge in [0.25, 0.3) is 5.52 Å². The molecule has 10 heteroatoms. The van der Waals surface area contributed by atoms with E-state index in [1.807, 2.05) is 12.1 Å². The number of ether oxygens (including phenoxy) is 1. The van der Waals surface area contributed by atoms with Crippen LogP contribution in [0, 0.1) is 0 Å². The lowest BCUT2D eigenvalue weighted by atomic mass is 10.1. The zero-order valence-corrected chi connectivity index (χ0v) is 15.6. The summed E-state index contributed by atoms with van der Waals surface area (Å²) in [5.41, 5.74) is -1.01. The maximum atomic E-state index is 10.7. The normalized spacial score (nSPS) is 12.2. The minimum Gasteiger partial charge on any atom is -0.741 e. The van der Waals surface area contributed by atoms with Crippen molar-refractivity contribution in [1.29, 1.82) is 0 Å². The van der Waals surface area contributed by atoms with Crippen LogP contribution in [0.25, 0.3) is 32.8 Å². The molecular formula is C18H15F3N2O4S. The Morgan fingerprint density at radius 3 is 2.29 bits per heavy atom. The van der Waals surface area contributed by atoms with Crippen LogP contribution < -0.4 is 9.30 Å². The molecule has 0 aliphatic carbocycles. The average molecular weight is 412 g/mol. The quantitative estimate of drug-likeness (QED) is 0.295. The Kier molecular flexibility index (Phi) is 4.94. The maximum absolute atomic E-state index is 10.7. The number of benzene rings is 2. The minimum atomic E-state index is -6.09. The van der Waals surface area contributed by atoms with Crippen molar-refractivity contribution in [3.63, 3.8) is 0 Å². The van der Waals surface area contributed by atoms with Crippen LogP contribution in [0.5, 0.6) is 5.75 Å². The number of methoxy groups -OCH3 is 1. The van der Waals surface area contributed by atoms with E-state index >= 15 is 0 Å². The van der Waals surface area contributed by atoms with Gasteiger partial charge in [-0.2, -0.15) is 17.7 Å². The highest BCUT2D eigenvalue weighted by Crippen LogP contribution is 2.29. The van der Waals surface area contributed by atoms with Gasteiger partial charge in [0.05, 0.1) is 23.4 Å². The second-order valence-corrected chi connectivity index (χ2v) is 7.31. The van der Waals surface area contributed by atoms with Crippen LogP contribution in [0.2, 0.25) is 0 Å². The second kappa shape index (κ2) is 6.95. The highest BCUT2D eigenvalue weighted by atomic mass is 32.2.